The van der Waals surface area contributed by atoms with Crippen molar-refractivity contribution in [1.29, 1.82) is 0 Å². The zero-order chi connectivity index (χ0) is 19.7. The molecule has 0 aromatic rings. The van der Waals surface area contributed by atoms with Gasteiger partial charge in [-0.2, -0.15) is 0 Å². The Labute approximate surface area is 154 Å². The summed E-state index contributed by atoms with van der Waals surface area (Å²) in [6, 6.07) is 0.512. The molecule has 0 atom stereocenters. The van der Waals surface area contributed by atoms with Crippen molar-refractivity contribution in [3.05, 3.63) is 0 Å². The molecule has 0 heterocycles. The number of likely N-dealkylation sites (N-methyl/N-ethyl adjacent to an activating group) is 1. The first-order valence-electron chi connectivity index (χ1n) is 9.10. The number of guanidine groups is 1. The molecular weight excluding hydrogens is 318 g/mol. The first-order chi connectivity index (χ1) is 11.4. The number of ether oxygens (including phenoxy) is 1. The van der Waals surface area contributed by atoms with Crippen LogP contribution in [0.5, 0.6) is 0 Å². The summed E-state index contributed by atoms with van der Waals surface area (Å²) < 4.78 is 5.31. The third-order valence-electron chi connectivity index (χ3n) is 3.45. The molecule has 0 radical (unpaired) electrons. The Morgan fingerprint density at radius 3 is 2.24 bits per heavy atom. The monoisotopic (exact) mass is 357 g/mol. The van der Waals surface area contributed by atoms with E-state index in [2.05, 4.69) is 46.7 Å². The van der Waals surface area contributed by atoms with E-state index in [1.165, 1.54) is 0 Å². The van der Waals surface area contributed by atoms with Crippen LogP contribution < -0.4 is 16.0 Å². The van der Waals surface area contributed by atoms with Gasteiger partial charge in [0.15, 0.2) is 5.96 Å². The highest BCUT2D eigenvalue weighted by molar-refractivity contribution is 5.79. The van der Waals surface area contributed by atoms with Crippen LogP contribution in [0, 0.1) is 0 Å². The first-order valence-corrected chi connectivity index (χ1v) is 9.10. The fourth-order valence-electron chi connectivity index (χ4n) is 1.85. The minimum absolute atomic E-state index is 0.427. The van der Waals surface area contributed by atoms with Crippen molar-refractivity contribution in [1.82, 2.24) is 20.9 Å². The van der Waals surface area contributed by atoms with Gasteiger partial charge >= 0.3 is 6.09 Å². The number of rotatable bonds is 8. The summed E-state index contributed by atoms with van der Waals surface area (Å²) in [4.78, 5) is 18.8. The Kier molecular flexibility index (Phi) is 9.85. The molecule has 0 saturated carbocycles. The Morgan fingerprint density at radius 2 is 1.76 bits per heavy atom. The smallest absolute Gasteiger partial charge is 0.408 e. The van der Waals surface area contributed by atoms with Gasteiger partial charge in [-0.15, -0.1) is 0 Å². The topological polar surface area (TPSA) is 78.0 Å². The van der Waals surface area contributed by atoms with Crippen LogP contribution in [0.25, 0.3) is 0 Å². The molecule has 0 aliphatic carbocycles. The minimum atomic E-state index is -0.512. The molecule has 0 aliphatic rings. The number of aliphatic imine (C=N–C) groups is 1. The molecule has 7 heteroatoms. The molecule has 7 nitrogen and oxygen atoms in total. The van der Waals surface area contributed by atoms with Crippen LogP contribution in [0.15, 0.2) is 4.99 Å². The van der Waals surface area contributed by atoms with E-state index in [-0.39, 0.29) is 0 Å². The number of carbonyl (C=O) groups is 1. The average Bonchev–Trinajstić information content (AvgIpc) is 2.41. The summed E-state index contributed by atoms with van der Waals surface area (Å²) >= 11 is 0. The van der Waals surface area contributed by atoms with Crippen LogP contribution in [0.4, 0.5) is 4.79 Å². The maximum atomic E-state index is 11.9. The van der Waals surface area contributed by atoms with Gasteiger partial charge in [0.05, 0.1) is 12.1 Å². The van der Waals surface area contributed by atoms with Crippen molar-refractivity contribution in [2.75, 3.05) is 33.2 Å². The van der Waals surface area contributed by atoms with Crippen LogP contribution in [0.2, 0.25) is 0 Å². The van der Waals surface area contributed by atoms with Crippen molar-refractivity contribution in [2.24, 2.45) is 4.99 Å². The number of amides is 1. The van der Waals surface area contributed by atoms with Crippen molar-refractivity contribution in [3.63, 3.8) is 0 Å². The Balaban J connectivity index is 4.58. The molecule has 148 valence electrons. The zero-order valence-electron chi connectivity index (χ0n) is 17.6. The quantitative estimate of drug-likeness (QED) is 0.458. The lowest BCUT2D eigenvalue weighted by Gasteiger charge is -2.27. The van der Waals surface area contributed by atoms with Gasteiger partial charge in [-0.25, -0.2) is 4.79 Å². The van der Waals surface area contributed by atoms with E-state index in [1.54, 1.807) is 0 Å². The number of hydrogen-bond donors (Lipinski definition) is 3. The van der Waals surface area contributed by atoms with Crippen molar-refractivity contribution >= 4 is 12.1 Å². The maximum Gasteiger partial charge on any atom is 0.408 e. The number of alkyl carbamates (subject to hydrolysis) is 1. The Bertz CT molecular complexity index is 428. The van der Waals surface area contributed by atoms with Crippen molar-refractivity contribution in [3.8, 4) is 0 Å². The van der Waals surface area contributed by atoms with Gasteiger partial charge in [-0.3, -0.25) is 4.99 Å². The number of carbonyl (C=O) groups excluding carboxylic acids is 1. The molecule has 0 bridgehead atoms. The minimum Gasteiger partial charge on any atom is -0.444 e. The predicted octanol–water partition coefficient (Wildman–Crippen LogP) is 2.19. The summed E-state index contributed by atoms with van der Waals surface area (Å²) in [5, 5.41) is 9.42. The van der Waals surface area contributed by atoms with Crippen LogP contribution in [0.1, 0.15) is 55.4 Å². The Hall–Kier alpha value is -1.50. The van der Waals surface area contributed by atoms with Gasteiger partial charge in [0.2, 0.25) is 0 Å². The van der Waals surface area contributed by atoms with Gasteiger partial charge in [0.25, 0.3) is 0 Å². The molecule has 0 fully saturated rings. The van der Waals surface area contributed by atoms with Crippen LogP contribution in [-0.2, 0) is 4.74 Å². The zero-order valence-corrected chi connectivity index (χ0v) is 17.6. The lowest BCUT2D eigenvalue weighted by molar-refractivity contribution is 0.0476. The third kappa shape index (κ3) is 12.5. The van der Waals surface area contributed by atoms with Gasteiger partial charge in [-0.1, -0.05) is 0 Å². The molecule has 0 rings (SSSR count). The molecule has 0 spiro atoms. The second kappa shape index (κ2) is 10.5. The lowest BCUT2D eigenvalue weighted by atomic mass is 10.1. The molecule has 1 amide bonds. The average molecular weight is 358 g/mol. The highest BCUT2D eigenvalue weighted by Gasteiger charge is 2.24. The summed E-state index contributed by atoms with van der Waals surface area (Å²) in [6.07, 6.45) is -0.427. The number of nitrogens with one attached hydrogen (secondary N) is 3. The highest BCUT2D eigenvalue weighted by atomic mass is 16.6. The molecule has 0 aliphatic heterocycles. The van der Waals surface area contributed by atoms with E-state index < -0.39 is 17.2 Å². The van der Waals surface area contributed by atoms with E-state index in [1.807, 2.05) is 41.5 Å². The molecular formula is C18H39N5O2. The van der Waals surface area contributed by atoms with E-state index in [0.717, 1.165) is 25.6 Å². The van der Waals surface area contributed by atoms with E-state index in [9.17, 15) is 4.79 Å². The molecule has 0 unspecified atom stereocenters. The van der Waals surface area contributed by atoms with Gasteiger partial charge in [0.1, 0.15) is 5.60 Å². The Morgan fingerprint density at radius 1 is 1.16 bits per heavy atom. The largest absolute Gasteiger partial charge is 0.444 e. The normalized spacial score (nSPS) is 13.2. The predicted molar refractivity (Wildman–Crippen MR) is 105 cm³/mol. The third-order valence-corrected chi connectivity index (χ3v) is 3.45. The summed E-state index contributed by atoms with van der Waals surface area (Å²) in [7, 11) is 2.10. The summed E-state index contributed by atoms with van der Waals surface area (Å²) in [5.74, 6) is 0.749. The SMILES string of the molecule is CCNC(=NCC(C)(C)NC(=O)OC(C)(C)C)NCCN(C)C(C)C. The number of hydrogen-bond acceptors (Lipinski definition) is 4. The van der Waals surface area contributed by atoms with E-state index in [4.69, 9.17) is 4.74 Å². The summed E-state index contributed by atoms with van der Waals surface area (Å²) in [5.41, 5.74) is -1.01. The van der Waals surface area contributed by atoms with Gasteiger partial charge in [-0.05, 0) is 62.4 Å². The van der Waals surface area contributed by atoms with Gasteiger partial charge in [0, 0.05) is 25.7 Å². The second-order valence-electron chi connectivity index (χ2n) is 8.21. The van der Waals surface area contributed by atoms with Crippen LogP contribution in [-0.4, -0.2) is 67.4 Å². The first kappa shape index (κ1) is 23.5. The van der Waals surface area contributed by atoms with Crippen LogP contribution in [0.3, 0.4) is 0 Å². The fraction of sp³-hybridized carbons (Fsp3) is 0.889. The standard InChI is InChI=1S/C18H39N5O2/c1-10-19-15(20-11-12-23(9)14(2)3)21-13-18(7,8)22-16(24)25-17(4,5)6/h14H,10-13H2,1-9H3,(H,22,24)(H2,19,20,21). The molecule has 0 aromatic heterocycles. The molecule has 25 heavy (non-hydrogen) atoms. The van der Waals surface area contributed by atoms with Crippen molar-refractivity contribution in [2.45, 2.75) is 72.6 Å². The van der Waals surface area contributed by atoms with Crippen LogP contribution >= 0.6 is 0 Å². The molecule has 3 N–H and O–H groups in total. The maximum absolute atomic E-state index is 11.9. The van der Waals surface area contributed by atoms with E-state index in [0.29, 0.717) is 12.6 Å². The van der Waals surface area contributed by atoms with Gasteiger partial charge < -0.3 is 25.6 Å². The summed E-state index contributed by atoms with van der Waals surface area (Å²) in [6.45, 7) is 18.7. The number of nitrogens with zero attached hydrogens (tertiary/aromatic N) is 2. The lowest BCUT2D eigenvalue weighted by Crippen LogP contribution is -2.49. The second-order valence-corrected chi connectivity index (χ2v) is 8.21. The molecule has 0 saturated heterocycles. The fourth-order valence-corrected chi connectivity index (χ4v) is 1.85. The highest BCUT2D eigenvalue weighted by Crippen LogP contribution is 2.09. The molecule has 0 aromatic carbocycles. The van der Waals surface area contributed by atoms with Crippen molar-refractivity contribution < 1.29 is 9.53 Å². The van der Waals surface area contributed by atoms with E-state index >= 15 is 0 Å².